The van der Waals surface area contributed by atoms with Crippen molar-refractivity contribution in [3.8, 4) is 11.5 Å². The molecular weight excluding hydrogens is 676 g/mol. The van der Waals surface area contributed by atoms with E-state index >= 15 is 0 Å². The number of nitrogens with one attached hydrogen (secondary N) is 1. The molecular formula is C47H43ClN2O3. The lowest BCUT2D eigenvalue weighted by Crippen LogP contribution is -2.33. The number of halogens is 1. The van der Waals surface area contributed by atoms with Crippen LogP contribution in [-0.4, -0.2) is 5.97 Å². The van der Waals surface area contributed by atoms with Crippen molar-refractivity contribution < 1.29 is 14.3 Å². The number of hydrogen-bond acceptors (Lipinski definition) is 5. The van der Waals surface area contributed by atoms with Gasteiger partial charge in [-0.1, -0.05) is 80.8 Å². The van der Waals surface area contributed by atoms with Crippen LogP contribution in [0.5, 0.6) is 11.5 Å². The number of anilines is 5. The fourth-order valence-electron chi connectivity index (χ4n) is 7.60. The zero-order valence-electron chi connectivity index (χ0n) is 30.4. The summed E-state index contributed by atoms with van der Waals surface area (Å²) in [5.74, 6) is 0.927. The molecule has 0 aliphatic carbocycles. The van der Waals surface area contributed by atoms with Crippen molar-refractivity contribution in [2.45, 2.75) is 64.9 Å². The molecule has 2 heterocycles. The highest BCUT2D eigenvalue weighted by Crippen LogP contribution is 2.58. The van der Waals surface area contributed by atoms with Crippen molar-refractivity contribution in [3.05, 3.63) is 171 Å². The smallest absolute Gasteiger partial charge is 0.340 e. The van der Waals surface area contributed by atoms with Gasteiger partial charge in [-0.3, -0.25) is 0 Å². The molecule has 0 saturated heterocycles. The Morgan fingerprint density at radius 2 is 1.26 bits per heavy atom. The van der Waals surface area contributed by atoms with E-state index in [9.17, 15) is 4.79 Å². The number of esters is 1. The zero-order valence-corrected chi connectivity index (χ0v) is 31.2. The molecule has 2 aliphatic rings. The molecule has 6 heteroatoms. The zero-order chi connectivity index (χ0) is 36.5. The lowest BCUT2D eigenvalue weighted by atomic mass is 9.77. The Kier molecular flexibility index (Phi) is 9.44. The quantitative estimate of drug-likeness (QED) is 0.135. The Balaban J connectivity index is 1.26. The third kappa shape index (κ3) is 6.44. The fourth-order valence-corrected chi connectivity index (χ4v) is 7.73. The van der Waals surface area contributed by atoms with Gasteiger partial charge in [0.2, 0.25) is 0 Å². The molecule has 6 aromatic carbocycles. The summed E-state index contributed by atoms with van der Waals surface area (Å²) in [5.41, 5.74) is 10.2. The Hall–Kier alpha value is -5.52. The molecule has 0 saturated carbocycles. The Bertz CT molecular complexity index is 2230. The van der Waals surface area contributed by atoms with Crippen LogP contribution < -0.4 is 15.0 Å². The van der Waals surface area contributed by atoms with E-state index in [1.807, 2.05) is 61.5 Å². The lowest BCUT2D eigenvalue weighted by molar-refractivity contribution is 0.0224. The molecule has 0 amide bonds. The standard InChI is InChI=1S/C47H43ClN2O3/c1-4-6-10-32-14-22-36(23-15-32)50(37-24-16-33(17-25-37)11-7-5-2)38-26-27-41-45(29-38)52-44-28-31(3)43(49-35-20-18-34(48)19-21-35)30-42(44)47(41)40-13-9-8-12-39(40)46(51)53-47/h8-9,12-30,49H,4-7,10-11H2,1-3H3. The van der Waals surface area contributed by atoms with Crippen molar-refractivity contribution in [1.29, 1.82) is 0 Å². The van der Waals surface area contributed by atoms with Gasteiger partial charge in [0.25, 0.3) is 0 Å². The molecule has 5 nitrogen and oxygen atoms in total. The van der Waals surface area contributed by atoms with Crippen LogP contribution in [0.25, 0.3) is 0 Å². The first kappa shape index (κ1) is 34.6. The Morgan fingerprint density at radius 3 is 1.91 bits per heavy atom. The van der Waals surface area contributed by atoms with E-state index in [4.69, 9.17) is 21.1 Å². The first-order valence-corrected chi connectivity index (χ1v) is 19.1. The van der Waals surface area contributed by atoms with E-state index < -0.39 is 5.60 Å². The number of carbonyl (C=O) groups is 1. The third-order valence-electron chi connectivity index (χ3n) is 10.5. The van der Waals surface area contributed by atoms with E-state index in [-0.39, 0.29) is 5.97 Å². The predicted molar refractivity (Wildman–Crippen MR) is 216 cm³/mol. The summed E-state index contributed by atoms with van der Waals surface area (Å²) >= 11 is 6.18. The van der Waals surface area contributed by atoms with Crippen molar-refractivity contribution >= 4 is 46.0 Å². The van der Waals surface area contributed by atoms with Gasteiger partial charge in [0.1, 0.15) is 11.5 Å². The summed E-state index contributed by atoms with van der Waals surface area (Å²) in [4.78, 5) is 15.9. The number of hydrogen-bond donors (Lipinski definition) is 1. The Labute approximate surface area is 317 Å². The molecule has 266 valence electrons. The fraction of sp³-hybridized carbons (Fsp3) is 0.213. The van der Waals surface area contributed by atoms with Crippen LogP contribution in [0.3, 0.4) is 0 Å². The van der Waals surface area contributed by atoms with Gasteiger partial charge in [-0.2, -0.15) is 0 Å². The first-order chi connectivity index (χ1) is 25.9. The molecule has 1 N–H and O–H groups in total. The normalized spacial score (nSPS) is 15.3. The second kappa shape index (κ2) is 14.5. The number of fused-ring (bicyclic) bond motifs is 6. The number of nitrogens with zero attached hydrogens (tertiary/aromatic N) is 1. The van der Waals surface area contributed by atoms with Crippen LogP contribution in [0.4, 0.5) is 28.4 Å². The van der Waals surface area contributed by atoms with Crippen molar-refractivity contribution in [3.63, 3.8) is 0 Å². The largest absolute Gasteiger partial charge is 0.456 e. The van der Waals surface area contributed by atoms with Crippen LogP contribution >= 0.6 is 11.6 Å². The molecule has 0 bridgehead atoms. The van der Waals surface area contributed by atoms with E-state index in [1.54, 1.807) is 0 Å². The molecule has 6 aromatic rings. The SMILES string of the molecule is CCCCc1ccc(N(c2ccc(CCCC)cc2)c2ccc3c(c2)Oc2cc(C)c(Nc4ccc(Cl)cc4)cc2C32OC(=O)c3ccccc32)cc1. The first-order valence-electron chi connectivity index (χ1n) is 18.7. The number of unbranched alkanes of at least 4 members (excludes halogenated alkanes) is 2. The average Bonchev–Trinajstić information content (AvgIpc) is 3.47. The summed E-state index contributed by atoms with van der Waals surface area (Å²) in [6.45, 7) is 6.50. The van der Waals surface area contributed by atoms with Crippen LogP contribution in [0.1, 0.15) is 83.3 Å². The minimum absolute atomic E-state index is 0.357. The summed E-state index contributed by atoms with van der Waals surface area (Å²) in [6, 6.07) is 43.4. The number of rotatable bonds is 11. The minimum Gasteiger partial charge on any atom is -0.456 e. The highest BCUT2D eigenvalue weighted by atomic mass is 35.5. The predicted octanol–water partition coefficient (Wildman–Crippen LogP) is 13.1. The van der Waals surface area contributed by atoms with Gasteiger partial charge in [-0.25, -0.2) is 4.79 Å². The summed E-state index contributed by atoms with van der Waals surface area (Å²) in [7, 11) is 0. The molecule has 0 fully saturated rings. The maximum atomic E-state index is 13.7. The highest BCUT2D eigenvalue weighted by Gasteiger charge is 2.53. The molecule has 8 rings (SSSR count). The third-order valence-corrected chi connectivity index (χ3v) is 10.7. The van der Waals surface area contributed by atoms with Crippen LogP contribution in [0, 0.1) is 6.92 Å². The number of aryl methyl sites for hydroxylation is 3. The van der Waals surface area contributed by atoms with Gasteiger partial charge < -0.3 is 19.7 Å². The molecule has 0 aromatic heterocycles. The number of benzene rings is 6. The molecule has 1 unspecified atom stereocenters. The highest BCUT2D eigenvalue weighted by molar-refractivity contribution is 6.30. The number of ether oxygens (including phenoxy) is 2. The molecule has 53 heavy (non-hydrogen) atoms. The van der Waals surface area contributed by atoms with Crippen molar-refractivity contribution in [2.24, 2.45) is 0 Å². The summed E-state index contributed by atoms with van der Waals surface area (Å²) in [6.07, 6.45) is 6.79. The van der Waals surface area contributed by atoms with Crippen LogP contribution in [0.15, 0.2) is 127 Å². The second-order valence-corrected chi connectivity index (χ2v) is 14.5. The van der Waals surface area contributed by atoms with Crippen molar-refractivity contribution in [2.75, 3.05) is 10.2 Å². The molecule has 2 aliphatic heterocycles. The molecule has 0 radical (unpaired) electrons. The molecule has 1 spiro atoms. The van der Waals surface area contributed by atoms with E-state index in [1.165, 1.54) is 24.0 Å². The van der Waals surface area contributed by atoms with Crippen LogP contribution in [-0.2, 0) is 23.2 Å². The monoisotopic (exact) mass is 718 g/mol. The minimum atomic E-state index is -1.20. The second-order valence-electron chi connectivity index (χ2n) is 14.1. The lowest BCUT2D eigenvalue weighted by Gasteiger charge is -2.38. The number of carbonyl (C=O) groups excluding carboxylic acids is 1. The van der Waals surface area contributed by atoms with E-state index in [0.717, 1.165) is 76.4 Å². The maximum absolute atomic E-state index is 13.7. The molecule has 1 atom stereocenters. The van der Waals surface area contributed by atoms with Crippen LogP contribution in [0.2, 0.25) is 5.02 Å². The van der Waals surface area contributed by atoms with Gasteiger partial charge in [0, 0.05) is 56.2 Å². The topological polar surface area (TPSA) is 50.8 Å². The van der Waals surface area contributed by atoms with Gasteiger partial charge in [0.15, 0.2) is 5.60 Å². The van der Waals surface area contributed by atoms with E-state index in [2.05, 4.69) is 96.9 Å². The summed E-state index contributed by atoms with van der Waals surface area (Å²) in [5, 5.41) is 4.21. The van der Waals surface area contributed by atoms with Gasteiger partial charge in [0.05, 0.1) is 5.56 Å². The average molecular weight is 719 g/mol. The Morgan fingerprint density at radius 1 is 0.660 bits per heavy atom. The maximum Gasteiger partial charge on any atom is 0.340 e. The van der Waals surface area contributed by atoms with Gasteiger partial charge >= 0.3 is 5.97 Å². The van der Waals surface area contributed by atoms with Gasteiger partial charge in [-0.15, -0.1) is 0 Å². The van der Waals surface area contributed by atoms with E-state index in [0.29, 0.717) is 22.1 Å². The van der Waals surface area contributed by atoms with Gasteiger partial charge in [-0.05, 0) is 128 Å². The summed E-state index contributed by atoms with van der Waals surface area (Å²) < 4.78 is 13.4. The van der Waals surface area contributed by atoms with Crippen molar-refractivity contribution in [1.82, 2.24) is 0 Å².